The molecule has 1 aromatic carbocycles. The first kappa shape index (κ1) is 11.5. The summed E-state index contributed by atoms with van der Waals surface area (Å²) >= 11 is 0. The molecule has 0 aliphatic rings. The molecular weight excluding hydrogens is 220 g/mol. The fraction of sp³-hybridized carbons (Fsp3) is 0.222. The van der Waals surface area contributed by atoms with E-state index in [1.165, 1.54) is 25.3 Å². The molecule has 0 aliphatic heterocycles. The Labute approximate surface area is 88.6 Å². The van der Waals surface area contributed by atoms with Crippen molar-refractivity contribution in [3.05, 3.63) is 24.3 Å². The molecule has 1 rings (SSSR count). The normalized spacial score (nSPS) is 10.0. The smallest absolute Gasteiger partial charge is 0.343 e. The van der Waals surface area contributed by atoms with Crippen molar-refractivity contribution in [2.75, 3.05) is 13.7 Å². The van der Waals surface area contributed by atoms with Crippen molar-refractivity contribution < 1.29 is 22.7 Å². The Morgan fingerprint density at radius 1 is 1.40 bits per heavy atom. The highest BCUT2D eigenvalue weighted by atomic mass is 32.2. The van der Waals surface area contributed by atoms with E-state index in [1.807, 2.05) is 0 Å². The third kappa shape index (κ3) is 3.59. The van der Waals surface area contributed by atoms with Crippen molar-refractivity contribution in [1.29, 1.82) is 0 Å². The average molecular weight is 230 g/mol. The van der Waals surface area contributed by atoms with Crippen LogP contribution in [0.3, 0.4) is 0 Å². The molecule has 0 aliphatic carbocycles. The maximum atomic E-state index is 10.7. The molecule has 15 heavy (non-hydrogen) atoms. The predicted molar refractivity (Wildman–Crippen MR) is 52.5 cm³/mol. The lowest BCUT2D eigenvalue weighted by atomic mass is 10.3. The molecule has 6 heteroatoms. The van der Waals surface area contributed by atoms with E-state index in [1.54, 1.807) is 6.07 Å². The number of methoxy groups -OCH3 is 1. The van der Waals surface area contributed by atoms with Crippen LogP contribution in [0.15, 0.2) is 29.2 Å². The van der Waals surface area contributed by atoms with Crippen LogP contribution in [0.4, 0.5) is 0 Å². The number of hydrogen-bond donors (Lipinski definition) is 1. The summed E-state index contributed by atoms with van der Waals surface area (Å²) in [6, 6.07) is 5.88. The molecule has 0 unspecified atom stereocenters. The van der Waals surface area contributed by atoms with Gasteiger partial charge in [-0.15, -0.1) is 0 Å². The van der Waals surface area contributed by atoms with E-state index in [-0.39, 0.29) is 11.5 Å². The molecule has 0 saturated carbocycles. The van der Waals surface area contributed by atoms with E-state index in [0.29, 0.717) is 5.75 Å². The van der Waals surface area contributed by atoms with E-state index >= 15 is 0 Å². The van der Waals surface area contributed by atoms with Crippen LogP contribution < -0.4 is 4.74 Å². The molecule has 0 aromatic heterocycles. The quantitative estimate of drug-likeness (QED) is 0.591. The van der Waals surface area contributed by atoms with Gasteiger partial charge < -0.3 is 9.47 Å². The Balaban J connectivity index is 2.70. The fourth-order valence-corrected chi connectivity index (χ4v) is 1.33. The number of ether oxygens (including phenoxy) is 2. The first-order chi connectivity index (χ1) is 7.13. The summed E-state index contributed by atoms with van der Waals surface area (Å²) < 4.78 is 30.6. The van der Waals surface area contributed by atoms with Crippen LogP contribution in [0.25, 0.3) is 0 Å². The van der Waals surface area contributed by atoms with E-state index < -0.39 is 16.7 Å². The molecule has 0 amide bonds. The number of hydrogen-bond acceptors (Lipinski definition) is 5. The standard InChI is InChI=1S/C9H10O5S/c1-13-9(10)6-14-7-3-2-4-8(5-7)15(11)12/h2-5,15H,6H2,1H3. The highest BCUT2D eigenvalue weighted by Gasteiger charge is 2.02. The van der Waals surface area contributed by atoms with Crippen LogP contribution in [-0.2, 0) is 20.2 Å². The maximum Gasteiger partial charge on any atom is 0.343 e. The topological polar surface area (TPSA) is 69.7 Å². The van der Waals surface area contributed by atoms with E-state index in [4.69, 9.17) is 4.74 Å². The lowest BCUT2D eigenvalue weighted by Crippen LogP contribution is -2.12. The van der Waals surface area contributed by atoms with Crippen LogP contribution >= 0.6 is 0 Å². The molecule has 0 atom stereocenters. The van der Waals surface area contributed by atoms with Gasteiger partial charge in [0, 0.05) is 0 Å². The van der Waals surface area contributed by atoms with Crippen molar-refractivity contribution in [1.82, 2.24) is 0 Å². The molecule has 0 heterocycles. The van der Waals surface area contributed by atoms with Gasteiger partial charge >= 0.3 is 5.97 Å². The van der Waals surface area contributed by atoms with Gasteiger partial charge in [0.1, 0.15) is 5.75 Å². The highest BCUT2D eigenvalue weighted by molar-refractivity contribution is 7.72. The average Bonchev–Trinajstić information content (AvgIpc) is 2.26. The molecule has 1 aromatic rings. The zero-order chi connectivity index (χ0) is 11.3. The second kappa shape index (κ2) is 5.35. The van der Waals surface area contributed by atoms with Crippen molar-refractivity contribution in [3.8, 4) is 5.75 Å². The van der Waals surface area contributed by atoms with Gasteiger partial charge in [0.15, 0.2) is 17.3 Å². The summed E-state index contributed by atoms with van der Waals surface area (Å²) in [7, 11) is -1.39. The molecule has 5 nitrogen and oxygen atoms in total. The summed E-state index contributed by atoms with van der Waals surface area (Å²) in [5, 5.41) is 0. The van der Waals surface area contributed by atoms with Gasteiger partial charge in [0.2, 0.25) is 0 Å². The number of rotatable bonds is 4. The molecule has 0 bridgehead atoms. The van der Waals surface area contributed by atoms with Gasteiger partial charge in [0.05, 0.1) is 12.0 Å². The lowest BCUT2D eigenvalue weighted by molar-refractivity contribution is -0.142. The number of carbonyl (C=O) groups is 1. The number of esters is 1. The number of benzene rings is 1. The molecule has 0 spiro atoms. The minimum Gasteiger partial charge on any atom is -0.482 e. The second-order valence-corrected chi connectivity index (χ2v) is 3.65. The summed E-state index contributed by atoms with van der Waals surface area (Å²) in [4.78, 5) is 10.9. The third-order valence-corrected chi connectivity index (χ3v) is 2.31. The van der Waals surface area contributed by atoms with Crippen LogP contribution in [-0.4, -0.2) is 28.1 Å². The van der Waals surface area contributed by atoms with E-state index in [2.05, 4.69) is 4.74 Å². The van der Waals surface area contributed by atoms with Crippen LogP contribution in [0.5, 0.6) is 5.75 Å². The minimum absolute atomic E-state index is 0.146. The molecule has 0 radical (unpaired) electrons. The molecule has 0 saturated heterocycles. The summed E-state index contributed by atoms with van der Waals surface area (Å²) in [6.45, 7) is -0.240. The SMILES string of the molecule is COC(=O)COc1cccc([SH](=O)=O)c1. The molecular formula is C9H10O5S. The van der Waals surface area contributed by atoms with Crippen LogP contribution in [0.1, 0.15) is 0 Å². The Kier molecular flexibility index (Phi) is 4.11. The highest BCUT2D eigenvalue weighted by Crippen LogP contribution is 2.13. The molecule has 82 valence electrons. The largest absolute Gasteiger partial charge is 0.482 e. The van der Waals surface area contributed by atoms with Crippen LogP contribution in [0, 0.1) is 0 Å². The van der Waals surface area contributed by atoms with E-state index in [0.717, 1.165) is 0 Å². The van der Waals surface area contributed by atoms with Gasteiger partial charge in [-0.3, -0.25) is 0 Å². The summed E-state index contributed by atoms with van der Waals surface area (Å²) in [5.41, 5.74) is 0. The summed E-state index contributed by atoms with van der Waals surface area (Å²) in [6.07, 6.45) is 0. The number of thiol groups is 1. The zero-order valence-corrected chi connectivity index (χ0v) is 8.90. The Bertz CT molecular complexity index is 416. The maximum absolute atomic E-state index is 10.7. The van der Waals surface area contributed by atoms with Gasteiger partial charge in [-0.25, -0.2) is 13.2 Å². The molecule has 0 fully saturated rings. The van der Waals surface area contributed by atoms with Crippen molar-refractivity contribution in [2.24, 2.45) is 0 Å². The van der Waals surface area contributed by atoms with Gasteiger partial charge in [0.25, 0.3) is 0 Å². The Morgan fingerprint density at radius 2 is 2.13 bits per heavy atom. The predicted octanol–water partition coefficient (Wildman–Crippen LogP) is 0.209. The van der Waals surface area contributed by atoms with Crippen LogP contribution in [0.2, 0.25) is 0 Å². The summed E-state index contributed by atoms with van der Waals surface area (Å²) in [5.74, 6) is -0.205. The van der Waals surface area contributed by atoms with Gasteiger partial charge in [-0.1, -0.05) is 6.07 Å². The minimum atomic E-state index is -2.64. The van der Waals surface area contributed by atoms with Gasteiger partial charge in [-0.05, 0) is 18.2 Å². The molecule has 0 N–H and O–H groups in total. The fourth-order valence-electron chi connectivity index (χ4n) is 0.888. The lowest BCUT2D eigenvalue weighted by Gasteiger charge is -2.04. The first-order valence-corrected chi connectivity index (χ1v) is 5.25. The van der Waals surface area contributed by atoms with E-state index in [9.17, 15) is 13.2 Å². The number of carbonyl (C=O) groups excluding carboxylic acids is 1. The van der Waals surface area contributed by atoms with Crippen molar-refractivity contribution in [2.45, 2.75) is 4.90 Å². The first-order valence-electron chi connectivity index (χ1n) is 4.07. The zero-order valence-electron chi connectivity index (χ0n) is 8.00. The third-order valence-electron chi connectivity index (χ3n) is 1.61. The second-order valence-electron chi connectivity index (χ2n) is 2.62. The van der Waals surface area contributed by atoms with Crippen molar-refractivity contribution in [3.63, 3.8) is 0 Å². The van der Waals surface area contributed by atoms with Crippen molar-refractivity contribution >= 4 is 16.7 Å². The van der Waals surface area contributed by atoms with Gasteiger partial charge in [-0.2, -0.15) is 0 Å². The Morgan fingerprint density at radius 3 is 2.73 bits per heavy atom. The monoisotopic (exact) mass is 230 g/mol. The Hall–Kier alpha value is -1.56.